The molecule has 11 rings (SSSR count). The van der Waals surface area contributed by atoms with E-state index < -0.39 is 16.1 Å². The molecule has 2 heterocycles. The van der Waals surface area contributed by atoms with Gasteiger partial charge in [0.15, 0.2) is 0 Å². The second-order valence-electron chi connectivity index (χ2n) is 21.3. The van der Waals surface area contributed by atoms with Gasteiger partial charge in [-0.15, -0.1) is 9.24 Å². The Morgan fingerprint density at radius 2 is 1.11 bits per heavy atom. The van der Waals surface area contributed by atoms with E-state index in [0.29, 0.717) is 12.1 Å². The normalized spacial score (nSPS) is 47.6. The van der Waals surface area contributed by atoms with E-state index in [1.165, 1.54) is 44.9 Å². The maximum atomic E-state index is 4.15. The summed E-state index contributed by atoms with van der Waals surface area (Å²) >= 11 is 0. The number of allylic oxidation sites excluding steroid dienone is 3. The van der Waals surface area contributed by atoms with Crippen molar-refractivity contribution in [2.24, 2.45) is 47.3 Å². The lowest BCUT2D eigenvalue weighted by molar-refractivity contribution is 0.0131. The van der Waals surface area contributed by atoms with Gasteiger partial charge in [-0.25, -0.2) is 0 Å². The lowest BCUT2D eigenvalue weighted by Crippen LogP contribution is -2.56. The van der Waals surface area contributed by atoms with Crippen LogP contribution in [-0.2, 0) is 0 Å². The highest BCUT2D eigenvalue weighted by Crippen LogP contribution is 2.72. The van der Waals surface area contributed by atoms with E-state index in [4.69, 9.17) is 0 Å². The SMILES string of the molecule is C[Si](C)(C)C1=C(CP(C2C3CC4CC(C3)CC2C4)C2C3CC4CC(C3)CC2C4)C(C(P)(C2CCCN2)C2CCCN2)=CC1[Si](C)(C)C. The molecule has 8 bridgehead atoms. The molecule has 6 heteroatoms. The highest BCUT2D eigenvalue weighted by atomic mass is 31.1. The van der Waals surface area contributed by atoms with E-state index in [0.717, 1.165) is 64.2 Å². The van der Waals surface area contributed by atoms with Crippen molar-refractivity contribution in [3.8, 4) is 0 Å². The first kappa shape index (κ1) is 33.5. The first-order valence-corrected chi connectivity index (χ1v) is 30.2. The van der Waals surface area contributed by atoms with Crippen molar-refractivity contribution >= 4 is 33.3 Å². The molecule has 8 saturated carbocycles. The molecular formula is C41H70N2P2Si2. The Hall–Kier alpha value is 0.694. The van der Waals surface area contributed by atoms with Crippen LogP contribution < -0.4 is 10.6 Å². The van der Waals surface area contributed by atoms with Crippen molar-refractivity contribution in [3.05, 3.63) is 22.4 Å². The molecule has 0 aromatic carbocycles. The van der Waals surface area contributed by atoms with Gasteiger partial charge in [0, 0.05) is 17.2 Å². The minimum absolute atomic E-state index is 0.00944. The van der Waals surface area contributed by atoms with E-state index >= 15 is 0 Å². The van der Waals surface area contributed by atoms with Gasteiger partial charge < -0.3 is 10.6 Å². The van der Waals surface area contributed by atoms with E-state index in [9.17, 15) is 0 Å². The molecule has 10 fully saturated rings. The lowest BCUT2D eigenvalue weighted by atomic mass is 9.55. The van der Waals surface area contributed by atoms with E-state index in [1.807, 2.05) is 11.1 Å². The van der Waals surface area contributed by atoms with Crippen LogP contribution in [0.25, 0.3) is 0 Å². The van der Waals surface area contributed by atoms with Gasteiger partial charge in [0.05, 0.1) is 16.1 Å². The summed E-state index contributed by atoms with van der Waals surface area (Å²) in [7, 11) is 0.646. The van der Waals surface area contributed by atoms with Crippen LogP contribution in [-0.4, -0.2) is 64.0 Å². The van der Waals surface area contributed by atoms with Gasteiger partial charge >= 0.3 is 0 Å². The standard InChI is InChI=1S/C41H70N2P2Si2/c1-46(2,3)35-23-34(41(44,36-9-7-11-42-36)37-10-8-12-43-37)33(40(35)47(4,5)6)24-45(38-29-15-25-13-26(17-29)18-30(38)16-25)39-31-19-27-14-28(21-31)22-32(39)20-27/h23,25-32,35-39,42-43H,7-22,24,44H2,1-6H3. The molecule has 47 heavy (non-hydrogen) atoms. The summed E-state index contributed by atoms with van der Waals surface area (Å²) < 4.78 is 0. The third kappa shape index (κ3) is 5.63. The topological polar surface area (TPSA) is 24.1 Å². The van der Waals surface area contributed by atoms with Crippen molar-refractivity contribution in [1.82, 2.24) is 10.6 Å². The minimum atomic E-state index is -1.57. The van der Waals surface area contributed by atoms with Crippen LogP contribution in [0.1, 0.15) is 89.9 Å². The Morgan fingerprint density at radius 1 is 0.681 bits per heavy atom. The number of hydrogen-bond donors (Lipinski definition) is 2. The molecule has 0 aromatic rings. The summed E-state index contributed by atoms with van der Waals surface area (Å²) in [4.78, 5) is 0. The summed E-state index contributed by atoms with van der Waals surface area (Å²) in [6.07, 6.45) is 26.1. The van der Waals surface area contributed by atoms with E-state index in [1.54, 1.807) is 64.2 Å². The molecule has 262 valence electrons. The molecule has 0 radical (unpaired) electrons. The lowest BCUT2D eigenvalue weighted by Gasteiger charge is -2.62. The van der Waals surface area contributed by atoms with Crippen LogP contribution in [0.15, 0.2) is 22.4 Å². The highest BCUT2D eigenvalue weighted by Gasteiger charge is 2.59. The van der Waals surface area contributed by atoms with E-state index in [-0.39, 0.29) is 13.1 Å². The molecule has 11 aliphatic rings. The van der Waals surface area contributed by atoms with Gasteiger partial charge in [0.25, 0.3) is 0 Å². The highest BCUT2D eigenvalue weighted by molar-refractivity contribution is 7.59. The predicted octanol–water partition coefficient (Wildman–Crippen LogP) is 10.1. The Labute approximate surface area is 295 Å². The molecule has 2 N–H and O–H groups in total. The molecule has 0 aromatic heterocycles. The molecule has 0 amide bonds. The maximum absolute atomic E-state index is 4.15. The minimum Gasteiger partial charge on any atom is -0.313 e. The van der Waals surface area contributed by atoms with Gasteiger partial charge in [-0.05, 0) is 184 Å². The maximum Gasteiger partial charge on any atom is 0.0732 e. The number of nitrogens with one attached hydrogen (secondary N) is 2. The molecule has 9 aliphatic carbocycles. The average molecular weight is 709 g/mol. The second-order valence-corrected chi connectivity index (χ2v) is 35.2. The van der Waals surface area contributed by atoms with Gasteiger partial charge in [0.2, 0.25) is 0 Å². The van der Waals surface area contributed by atoms with Crippen LogP contribution in [0.4, 0.5) is 0 Å². The summed E-state index contributed by atoms with van der Waals surface area (Å²) in [6, 6.07) is 1.20. The van der Waals surface area contributed by atoms with Gasteiger partial charge in [-0.2, -0.15) is 0 Å². The third-order valence-corrected chi connectivity index (χ3v) is 26.1. The average Bonchev–Trinajstić information content (AvgIpc) is 3.77. The van der Waals surface area contributed by atoms with Crippen LogP contribution in [0.3, 0.4) is 0 Å². The summed E-state index contributed by atoms with van der Waals surface area (Å²) in [5.74, 6) is 8.73. The van der Waals surface area contributed by atoms with Crippen LogP contribution in [0.5, 0.6) is 0 Å². The molecule has 2 nitrogen and oxygen atoms in total. The zero-order valence-electron chi connectivity index (χ0n) is 31.1. The van der Waals surface area contributed by atoms with Crippen LogP contribution >= 0.6 is 17.2 Å². The Balaban J connectivity index is 1.19. The molecule has 4 atom stereocenters. The molecule has 2 aliphatic heterocycles. The second kappa shape index (κ2) is 12.1. The summed E-state index contributed by atoms with van der Waals surface area (Å²) in [5.41, 5.74) is 6.83. The molecule has 2 saturated heterocycles. The Morgan fingerprint density at radius 3 is 1.45 bits per heavy atom. The molecule has 4 unspecified atom stereocenters. The Kier molecular flexibility index (Phi) is 8.64. The third-order valence-electron chi connectivity index (χ3n) is 16.2. The predicted molar refractivity (Wildman–Crippen MR) is 213 cm³/mol. The number of hydrogen-bond acceptors (Lipinski definition) is 2. The van der Waals surface area contributed by atoms with Crippen molar-refractivity contribution in [2.75, 3.05) is 19.3 Å². The fraction of sp³-hybridized carbons (Fsp3) is 0.902. The van der Waals surface area contributed by atoms with Crippen molar-refractivity contribution in [2.45, 2.75) is 163 Å². The smallest absolute Gasteiger partial charge is 0.0732 e. The zero-order valence-corrected chi connectivity index (χ0v) is 35.2. The Bertz CT molecular complexity index is 1170. The van der Waals surface area contributed by atoms with Crippen molar-refractivity contribution in [3.63, 3.8) is 0 Å². The van der Waals surface area contributed by atoms with Crippen LogP contribution in [0, 0.1) is 47.3 Å². The number of rotatable bonds is 9. The largest absolute Gasteiger partial charge is 0.313 e. The summed E-state index contributed by atoms with van der Waals surface area (Å²) in [5, 5.41) is 10.5. The molecular weight excluding hydrogens is 639 g/mol. The van der Waals surface area contributed by atoms with Crippen molar-refractivity contribution < 1.29 is 0 Å². The monoisotopic (exact) mass is 708 g/mol. The van der Waals surface area contributed by atoms with Gasteiger partial charge in [-0.3, -0.25) is 0 Å². The van der Waals surface area contributed by atoms with E-state index in [2.05, 4.69) is 70.4 Å². The first-order valence-electron chi connectivity index (χ1n) is 20.9. The van der Waals surface area contributed by atoms with Crippen LogP contribution in [0.2, 0.25) is 44.8 Å². The van der Waals surface area contributed by atoms with Gasteiger partial charge in [-0.1, -0.05) is 58.5 Å². The first-order chi connectivity index (χ1) is 22.4. The summed E-state index contributed by atoms with van der Waals surface area (Å²) in [6.45, 7) is 18.9. The quantitative estimate of drug-likeness (QED) is 0.184. The van der Waals surface area contributed by atoms with Gasteiger partial charge in [0.1, 0.15) is 0 Å². The van der Waals surface area contributed by atoms with Crippen molar-refractivity contribution in [1.29, 1.82) is 0 Å². The zero-order chi connectivity index (χ0) is 32.5. The fourth-order valence-corrected chi connectivity index (χ4v) is 27.2. The fourth-order valence-electron chi connectivity index (χ4n) is 15.1. The molecule has 0 spiro atoms.